The van der Waals surface area contributed by atoms with Crippen LogP contribution in [0.5, 0.6) is 5.75 Å². The maximum absolute atomic E-state index is 12.5. The van der Waals surface area contributed by atoms with E-state index in [1.54, 1.807) is 24.3 Å². The van der Waals surface area contributed by atoms with E-state index in [4.69, 9.17) is 14.7 Å². The standard InChI is InChI=1S/C23H29NO3/c24-14-17-3-11-21(12-4-17)27-23(25)20-9-7-19(8-10-20)18-5-1-16(2-6-18)13-22-15-26-22/h3-4,11-12,16,18-20,22H,1-2,5-10,13,15H2. The molecule has 0 bridgehead atoms. The largest absolute Gasteiger partial charge is 0.426 e. The molecule has 3 fully saturated rings. The third kappa shape index (κ3) is 4.90. The molecule has 144 valence electrons. The first-order valence-electron chi connectivity index (χ1n) is 10.5. The highest BCUT2D eigenvalue weighted by Gasteiger charge is 2.35. The van der Waals surface area contributed by atoms with Crippen LogP contribution < -0.4 is 4.74 Å². The zero-order chi connectivity index (χ0) is 18.6. The number of carbonyl (C=O) groups excluding carboxylic acids is 1. The zero-order valence-corrected chi connectivity index (χ0v) is 15.9. The van der Waals surface area contributed by atoms with Crippen LogP contribution in [0.3, 0.4) is 0 Å². The number of hydrogen-bond acceptors (Lipinski definition) is 4. The van der Waals surface area contributed by atoms with Gasteiger partial charge in [-0.05, 0) is 87.0 Å². The highest BCUT2D eigenvalue weighted by molar-refractivity contribution is 5.75. The summed E-state index contributed by atoms with van der Waals surface area (Å²) in [4.78, 5) is 12.5. The molecule has 3 aliphatic rings. The van der Waals surface area contributed by atoms with Gasteiger partial charge in [-0.15, -0.1) is 0 Å². The van der Waals surface area contributed by atoms with E-state index >= 15 is 0 Å². The van der Waals surface area contributed by atoms with E-state index in [-0.39, 0.29) is 11.9 Å². The minimum Gasteiger partial charge on any atom is -0.426 e. The Morgan fingerprint density at radius 3 is 2.15 bits per heavy atom. The summed E-state index contributed by atoms with van der Waals surface area (Å²) in [6.07, 6.45) is 11.5. The van der Waals surface area contributed by atoms with E-state index in [1.165, 1.54) is 32.1 Å². The predicted molar refractivity (Wildman–Crippen MR) is 102 cm³/mol. The van der Waals surface area contributed by atoms with E-state index < -0.39 is 0 Å². The second-order valence-corrected chi connectivity index (χ2v) is 8.64. The molecular weight excluding hydrogens is 338 g/mol. The van der Waals surface area contributed by atoms with E-state index in [0.717, 1.165) is 50.0 Å². The van der Waals surface area contributed by atoms with Crippen LogP contribution in [-0.2, 0) is 9.53 Å². The lowest BCUT2D eigenvalue weighted by Crippen LogP contribution is -2.30. The summed E-state index contributed by atoms with van der Waals surface area (Å²) in [5.74, 6) is 3.00. The molecule has 1 aliphatic heterocycles. The molecular formula is C23H29NO3. The normalized spacial score (nSPS) is 33.1. The molecule has 1 heterocycles. The molecule has 4 heteroatoms. The van der Waals surface area contributed by atoms with Crippen molar-refractivity contribution in [1.82, 2.24) is 0 Å². The van der Waals surface area contributed by atoms with Crippen molar-refractivity contribution in [3.8, 4) is 11.8 Å². The number of nitriles is 1. The first-order valence-corrected chi connectivity index (χ1v) is 10.5. The van der Waals surface area contributed by atoms with E-state index in [9.17, 15) is 4.79 Å². The van der Waals surface area contributed by atoms with Crippen LogP contribution >= 0.6 is 0 Å². The molecule has 4 rings (SSSR count). The molecule has 1 saturated heterocycles. The zero-order valence-electron chi connectivity index (χ0n) is 15.9. The fourth-order valence-corrected chi connectivity index (χ4v) is 5.09. The Morgan fingerprint density at radius 1 is 1.00 bits per heavy atom. The molecule has 0 spiro atoms. The average Bonchev–Trinajstić information content (AvgIpc) is 3.53. The van der Waals surface area contributed by atoms with Crippen molar-refractivity contribution in [3.63, 3.8) is 0 Å². The van der Waals surface area contributed by atoms with Gasteiger partial charge in [-0.25, -0.2) is 0 Å². The first-order chi connectivity index (χ1) is 13.2. The minimum atomic E-state index is -0.105. The van der Waals surface area contributed by atoms with Gasteiger partial charge in [-0.1, -0.05) is 12.8 Å². The molecule has 1 unspecified atom stereocenters. The Kier molecular flexibility index (Phi) is 5.78. The number of epoxide rings is 1. The third-order valence-electron chi connectivity index (χ3n) is 6.86. The van der Waals surface area contributed by atoms with Crippen molar-refractivity contribution in [3.05, 3.63) is 29.8 Å². The topological polar surface area (TPSA) is 62.6 Å². The van der Waals surface area contributed by atoms with Gasteiger partial charge in [-0.2, -0.15) is 5.26 Å². The number of esters is 1. The summed E-state index contributed by atoms with van der Waals surface area (Å²) in [6.45, 7) is 0.989. The SMILES string of the molecule is N#Cc1ccc(OC(=O)C2CCC(C3CCC(CC4CO4)CC3)CC2)cc1. The molecule has 2 saturated carbocycles. The van der Waals surface area contributed by atoms with Gasteiger partial charge in [0.25, 0.3) is 0 Å². The predicted octanol–water partition coefficient (Wildman–Crippen LogP) is 4.87. The molecule has 0 N–H and O–H groups in total. The van der Waals surface area contributed by atoms with Gasteiger partial charge in [-0.3, -0.25) is 4.79 Å². The maximum Gasteiger partial charge on any atom is 0.314 e. The highest BCUT2D eigenvalue weighted by Crippen LogP contribution is 2.43. The van der Waals surface area contributed by atoms with Crippen molar-refractivity contribution in [2.24, 2.45) is 23.7 Å². The third-order valence-corrected chi connectivity index (χ3v) is 6.86. The lowest BCUT2D eigenvalue weighted by Gasteiger charge is -2.37. The molecule has 1 aromatic rings. The molecule has 0 aromatic heterocycles. The van der Waals surface area contributed by atoms with Crippen molar-refractivity contribution in [2.75, 3.05) is 6.61 Å². The van der Waals surface area contributed by atoms with E-state index in [0.29, 0.717) is 17.4 Å². The number of hydrogen-bond donors (Lipinski definition) is 0. The fourth-order valence-electron chi connectivity index (χ4n) is 5.09. The smallest absolute Gasteiger partial charge is 0.314 e. The van der Waals surface area contributed by atoms with Gasteiger partial charge < -0.3 is 9.47 Å². The number of benzene rings is 1. The van der Waals surface area contributed by atoms with Crippen molar-refractivity contribution >= 4 is 5.97 Å². The van der Waals surface area contributed by atoms with Crippen LogP contribution in [0.25, 0.3) is 0 Å². The Labute approximate surface area is 161 Å². The van der Waals surface area contributed by atoms with E-state index in [2.05, 4.69) is 6.07 Å². The summed E-state index contributed by atoms with van der Waals surface area (Å²) in [7, 11) is 0. The summed E-state index contributed by atoms with van der Waals surface area (Å²) < 4.78 is 10.9. The number of ether oxygens (including phenoxy) is 2. The van der Waals surface area contributed by atoms with Crippen LogP contribution in [0.4, 0.5) is 0 Å². The summed E-state index contributed by atoms with van der Waals surface area (Å²) in [6, 6.07) is 8.85. The van der Waals surface area contributed by atoms with Crippen LogP contribution in [0.1, 0.15) is 63.4 Å². The summed E-state index contributed by atoms with van der Waals surface area (Å²) in [5.41, 5.74) is 0.578. The van der Waals surface area contributed by atoms with Gasteiger partial charge >= 0.3 is 5.97 Å². The molecule has 1 aromatic carbocycles. The second kappa shape index (κ2) is 8.44. The quantitative estimate of drug-likeness (QED) is 0.423. The van der Waals surface area contributed by atoms with Gasteiger partial charge in [0.05, 0.1) is 30.3 Å². The van der Waals surface area contributed by atoms with Crippen LogP contribution in [0.15, 0.2) is 24.3 Å². The van der Waals surface area contributed by atoms with Gasteiger partial charge in [0.15, 0.2) is 0 Å². The summed E-state index contributed by atoms with van der Waals surface area (Å²) in [5, 5.41) is 8.84. The molecule has 1 atom stereocenters. The first kappa shape index (κ1) is 18.5. The maximum atomic E-state index is 12.5. The monoisotopic (exact) mass is 367 g/mol. The average molecular weight is 367 g/mol. The lowest BCUT2D eigenvalue weighted by atomic mass is 9.68. The van der Waals surface area contributed by atoms with Crippen LogP contribution in [-0.4, -0.2) is 18.7 Å². The van der Waals surface area contributed by atoms with Crippen molar-refractivity contribution < 1.29 is 14.3 Å². The van der Waals surface area contributed by atoms with Crippen molar-refractivity contribution in [2.45, 2.75) is 63.9 Å². The molecule has 4 nitrogen and oxygen atoms in total. The number of rotatable bonds is 5. The summed E-state index contributed by atoms with van der Waals surface area (Å²) >= 11 is 0. The number of carbonyl (C=O) groups is 1. The van der Waals surface area contributed by atoms with E-state index in [1.807, 2.05) is 0 Å². The van der Waals surface area contributed by atoms with Gasteiger partial charge in [0, 0.05) is 0 Å². The van der Waals surface area contributed by atoms with Crippen LogP contribution in [0.2, 0.25) is 0 Å². The molecule has 0 amide bonds. The number of nitrogens with zero attached hydrogens (tertiary/aromatic N) is 1. The van der Waals surface area contributed by atoms with Gasteiger partial charge in [0.1, 0.15) is 5.75 Å². The Hall–Kier alpha value is -1.86. The Bertz CT molecular complexity index is 673. The molecule has 27 heavy (non-hydrogen) atoms. The highest BCUT2D eigenvalue weighted by atomic mass is 16.6. The Balaban J connectivity index is 1.20. The van der Waals surface area contributed by atoms with Crippen LogP contribution in [0, 0.1) is 35.0 Å². The van der Waals surface area contributed by atoms with Crippen molar-refractivity contribution in [1.29, 1.82) is 5.26 Å². The Morgan fingerprint density at radius 2 is 1.59 bits per heavy atom. The lowest BCUT2D eigenvalue weighted by molar-refractivity contribution is -0.140. The molecule has 0 radical (unpaired) electrons. The second-order valence-electron chi connectivity index (χ2n) is 8.64. The minimum absolute atomic E-state index is 0.0280. The van der Waals surface area contributed by atoms with Gasteiger partial charge in [0.2, 0.25) is 0 Å². The molecule has 2 aliphatic carbocycles. The fraction of sp³-hybridized carbons (Fsp3) is 0.652.